The van der Waals surface area contributed by atoms with Gasteiger partial charge in [-0.25, -0.2) is 10.0 Å². The van der Waals surface area contributed by atoms with Crippen molar-refractivity contribution in [2.24, 2.45) is 5.92 Å². The van der Waals surface area contributed by atoms with E-state index in [-0.39, 0.29) is 6.04 Å². The van der Waals surface area contributed by atoms with E-state index in [4.69, 9.17) is 18.9 Å². The van der Waals surface area contributed by atoms with Gasteiger partial charge in [0.1, 0.15) is 0 Å². The second-order valence-electron chi connectivity index (χ2n) is 8.95. The summed E-state index contributed by atoms with van der Waals surface area (Å²) in [5.74, 6) is 3.65. The molecule has 2 heterocycles. The lowest BCUT2D eigenvalue weighted by Gasteiger charge is -2.46. The highest BCUT2D eigenvalue weighted by Crippen LogP contribution is 2.44. The maximum absolute atomic E-state index is 5.69. The van der Waals surface area contributed by atoms with Crippen molar-refractivity contribution in [1.29, 1.82) is 0 Å². The highest BCUT2D eigenvalue weighted by molar-refractivity contribution is 5.53. The Balaban J connectivity index is 1.86. The minimum absolute atomic E-state index is 0.0673. The first kappa shape index (κ1) is 22.7. The molecular formula is C26H36N2O4. The summed E-state index contributed by atoms with van der Waals surface area (Å²) >= 11 is 0. The van der Waals surface area contributed by atoms with Gasteiger partial charge in [0.05, 0.1) is 34.5 Å². The Bertz CT molecular complexity index is 946. The number of benzene rings is 2. The smallest absolute Gasteiger partial charge is 0.161 e. The molecule has 2 aliphatic heterocycles. The average molecular weight is 441 g/mol. The molecule has 32 heavy (non-hydrogen) atoms. The van der Waals surface area contributed by atoms with Gasteiger partial charge in [-0.1, -0.05) is 19.9 Å². The lowest BCUT2D eigenvalue weighted by molar-refractivity contribution is -0.0766. The van der Waals surface area contributed by atoms with Crippen molar-refractivity contribution in [3.63, 3.8) is 0 Å². The predicted molar refractivity (Wildman–Crippen MR) is 126 cm³/mol. The first-order chi connectivity index (χ1) is 15.5. The molecule has 1 saturated heterocycles. The van der Waals surface area contributed by atoms with Crippen LogP contribution in [0.25, 0.3) is 0 Å². The zero-order valence-electron chi connectivity index (χ0n) is 20.2. The lowest BCUT2D eigenvalue weighted by Crippen LogP contribution is -2.51. The topological polar surface area (TPSA) is 43.4 Å². The summed E-state index contributed by atoms with van der Waals surface area (Å²) in [6, 6.07) is 11.2. The van der Waals surface area contributed by atoms with Crippen molar-refractivity contribution in [2.45, 2.75) is 45.2 Å². The van der Waals surface area contributed by atoms with E-state index in [1.165, 1.54) is 29.5 Å². The summed E-state index contributed by atoms with van der Waals surface area (Å²) in [6.45, 7) is 6.72. The summed E-state index contributed by atoms with van der Waals surface area (Å²) in [7, 11) is 6.76. The first-order valence-electron chi connectivity index (χ1n) is 11.5. The summed E-state index contributed by atoms with van der Waals surface area (Å²) in [5, 5.41) is 5.19. The van der Waals surface area contributed by atoms with Gasteiger partial charge >= 0.3 is 0 Å². The normalized spacial score (nSPS) is 21.5. The molecule has 2 aromatic rings. The van der Waals surface area contributed by atoms with Gasteiger partial charge in [-0.15, -0.1) is 0 Å². The van der Waals surface area contributed by atoms with Crippen LogP contribution < -0.4 is 18.9 Å². The summed E-state index contributed by atoms with van der Waals surface area (Å²) in [6.07, 6.45) is 3.45. The maximum Gasteiger partial charge on any atom is 0.161 e. The molecule has 0 bridgehead atoms. The van der Waals surface area contributed by atoms with Gasteiger partial charge in [0.15, 0.2) is 23.0 Å². The third-order valence-corrected chi connectivity index (χ3v) is 6.94. The van der Waals surface area contributed by atoms with E-state index in [0.717, 1.165) is 42.5 Å². The van der Waals surface area contributed by atoms with Crippen LogP contribution in [0.4, 0.5) is 0 Å². The molecule has 6 nitrogen and oxygen atoms in total. The molecule has 0 saturated carbocycles. The van der Waals surface area contributed by atoms with Crippen molar-refractivity contribution in [2.75, 3.05) is 41.5 Å². The van der Waals surface area contributed by atoms with Crippen LogP contribution in [-0.4, -0.2) is 57.6 Å². The highest BCUT2D eigenvalue weighted by atomic mass is 16.5. The molecule has 4 rings (SSSR count). The Morgan fingerprint density at radius 2 is 1.44 bits per heavy atom. The van der Waals surface area contributed by atoms with Crippen molar-refractivity contribution < 1.29 is 18.9 Å². The fourth-order valence-corrected chi connectivity index (χ4v) is 5.36. The molecule has 0 radical (unpaired) electrons. The number of hydrogen-bond acceptors (Lipinski definition) is 6. The van der Waals surface area contributed by atoms with Gasteiger partial charge in [0, 0.05) is 19.1 Å². The number of hydrazine groups is 1. The molecule has 2 atom stereocenters. The van der Waals surface area contributed by atoms with E-state index >= 15 is 0 Å². The van der Waals surface area contributed by atoms with Crippen LogP contribution in [0.15, 0.2) is 30.3 Å². The van der Waals surface area contributed by atoms with Crippen LogP contribution in [0.2, 0.25) is 0 Å². The fraction of sp³-hybridized carbons (Fsp3) is 0.538. The van der Waals surface area contributed by atoms with E-state index in [9.17, 15) is 0 Å². The van der Waals surface area contributed by atoms with Crippen LogP contribution in [0.5, 0.6) is 23.0 Å². The average Bonchev–Trinajstić information content (AvgIpc) is 3.32. The number of rotatable bonds is 7. The second kappa shape index (κ2) is 9.59. The predicted octanol–water partition coefficient (Wildman–Crippen LogP) is 4.70. The van der Waals surface area contributed by atoms with E-state index in [1.54, 1.807) is 28.4 Å². The first-order valence-corrected chi connectivity index (χ1v) is 11.5. The Labute approximate surface area is 192 Å². The number of ether oxygens (including phenoxy) is 4. The third kappa shape index (κ3) is 4.02. The Morgan fingerprint density at radius 3 is 2.09 bits per heavy atom. The molecule has 0 aromatic heterocycles. The maximum atomic E-state index is 5.69. The van der Waals surface area contributed by atoms with E-state index in [1.807, 2.05) is 6.07 Å². The molecule has 0 aliphatic carbocycles. The number of nitrogens with zero attached hydrogens (tertiary/aromatic N) is 2. The van der Waals surface area contributed by atoms with Crippen molar-refractivity contribution >= 4 is 0 Å². The van der Waals surface area contributed by atoms with Gasteiger partial charge in [-0.2, -0.15) is 0 Å². The zero-order valence-corrected chi connectivity index (χ0v) is 20.2. The van der Waals surface area contributed by atoms with Crippen LogP contribution in [-0.2, 0) is 6.42 Å². The van der Waals surface area contributed by atoms with Crippen LogP contribution in [0, 0.1) is 5.92 Å². The molecule has 2 aromatic carbocycles. The fourth-order valence-electron chi connectivity index (χ4n) is 5.36. The quantitative estimate of drug-likeness (QED) is 0.622. The minimum Gasteiger partial charge on any atom is -0.493 e. The van der Waals surface area contributed by atoms with E-state index in [0.29, 0.717) is 12.0 Å². The molecule has 0 unspecified atom stereocenters. The molecule has 6 heteroatoms. The van der Waals surface area contributed by atoms with Gasteiger partial charge in [-0.3, -0.25) is 0 Å². The monoisotopic (exact) mass is 440 g/mol. The van der Waals surface area contributed by atoms with Gasteiger partial charge in [-0.05, 0) is 66.1 Å². The Morgan fingerprint density at radius 1 is 0.781 bits per heavy atom. The molecule has 0 spiro atoms. The van der Waals surface area contributed by atoms with Crippen LogP contribution in [0.3, 0.4) is 0 Å². The largest absolute Gasteiger partial charge is 0.493 e. The summed E-state index contributed by atoms with van der Waals surface area (Å²) < 4.78 is 22.4. The molecule has 174 valence electrons. The number of hydrogen-bond donors (Lipinski definition) is 0. The second-order valence-corrected chi connectivity index (χ2v) is 8.95. The standard InChI is InChI=1S/C26H36N2O4/c1-17(2)21-8-7-12-27(21)28-13-11-18-14-24(31-5)25(32-6)16-20(18)26(28)19-9-10-22(29-3)23(15-19)30-4/h9-10,14-17,21,26H,7-8,11-13H2,1-6H3/t21-,26+/m0/s1. The Hall–Kier alpha value is -2.44. The van der Waals surface area contributed by atoms with Gasteiger partial charge < -0.3 is 18.9 Å². The lowest BCUT2D eigenvalue weighted by atomic mass is 9.88. The SMILES string of the molecule is COc1ccc([C@@H]2c3cc(OC)c(OC)cc3CCN2N2CCC[C@H]2C(C)C)cc1OC. The van der Waals surface area contributed by atoms with Crippen molar-refractivity contribution in [3.8, 4) is 23.0 Å². The number of methoxy groups -OCH3 is 4. The minimum atomic E-state index is 0.0673. The van der Waals surface area contributed by atoms with E-state index < -0.39 is 0 Å². The van der Waals surface area contributed by atoms with Crippen LogP contribution in [0.1, 0.15) is 49.4 Å². The highest BCUT2D eigenvalue weighted by Gasteiger charge is 2.39. The molecule has 0 amide bonds. The Kier molecular flexibility index (Phi) is 6.82. The van der Waals surface area contributed by atoms with Crippen molar-refractivity contribution in [3.05, 3.63) is 47.0 Å². The van der Waals surface area contributed by atoms with Crippen molar-refractivity contribution in [1.82, 2.24) is 10.0 Å². The zero-order chi connectivity index (χ0) is 22.8. The number of fused-ring (bicyclic) bond motifs is 1. The van der Waals surface area contributed by atoms with Crippen LogP contribution >= 0.6 is 0 Å². The molecule has 1 fully saturated rings. The molecular weight excluding hydrogens is 404 g/mol. The molecule has 2 aliphatic rings. The summed E-state index contributed by atoms with van der Waals surface area (Å²) in [4.78, 5) is 0. The van der Waals surface area contributed by atoms with E-state index in [2.05, 4.69) is 48.1 Å². The third-order valence-electron chi connectivity index (χ3n) is 6.94. The molecule has 0 N–H and O–H groups in total. The van der Waals surface area contributed by atoms with Gasteiger partial charge in [0.2, 0.25) is 0 Å². The summed E-state index contributed by atoms with van der Waals surface area (Å²) in [5.41, 5.74) is 3.75. The van der Waals surface area contributed by atoms with Gasteiger partial charge in [0.25, 0.3) is 0 Å².